The van der Waals surface area contributed by atoms with Crippen LogP contribution >= 0.6 is 34.8 Å². The van der Waals surface area contributed by atoms with Gasteiger partial charge in [0.15, 0.2) is 0 Å². The zero-order valence-electron chi connectivity index (χ0n) is 10.9. The fourth-order valence-corrected chi connectivity index (χ4v) is 2.68. The third kappa shape index (κ3) is 3.43. The van der Waals surface area contributed by atoms with Crippen LogP contribution in [0.15, 0.2) is 23.9 Å². The van der Waals surface area contributed by atoms with E-state index in [0.29, 0.717) is 21.3 Å². The first-order valence-electron chi connectivity index (χ1n) is 5.87. The number of nitrogens with one attached hydrogen (secondary N) is 2. The van der Waals surface area contributed by atoms with Crippen molar-refractivity contribution >= 4 is 52.4 Å². The highest BCUT2D eigenvalue weighted by Gasteiger charge is 2.27. The number of carbonyl (C=O) groups is 2. The smallest absolute Gasteiger partial charge is 0.354 e. The van der Waals surface area contributed by atoms with Gasteiger partial charge in [0.2, 0.25) is 5.91 Å². The first kappa shape index (κ1) is 15.9. The monoisotopic (exact) mass is 348 g/mol. The standard InChI is InChI=1S/C13H11Cl3N2O3/c1-21-13(20)10-4-9(18-11(19)5-14)12-7(16)2-6(15)3-8(12)17-10/h2-4,9,17H,5H2,1H3,(H,18,19). The van der Waals surface area contributed by atoms with E-state index in [2.05, 4.69) is 15.4 Å². The van der Waals surface area contributed by atoms with Gasteiger partial charge >= 0.3 is 5.97 Å². The van der Waals surface area contributed by atoms with E-state index in [9.17, 15) is 9.59 Å². The summed E-state index contributed by atoms with van der Waals surface area (Å²) in [5.74, 6) is -1.16. The summed E-state index contributed by atoms with van der Waals surface area (Å²) in [6, 6.07) is 2.56. The Morgan fingerprint density at radius 3 is 2.71 bits per heavy atom. The number of methoxy groups -OCH3 is 1. The average molecular weight is 350 g/mol. The molecular weight excluding hydrogens is 339 g/mol. The molecule has 1 aliphatic heterocycles. The Morgan fingerprint density at radius 2 is 2.10 bits per heavy atom. The molecule has 8 heteroatoms. The molecule has 0 saturated heterocycles. The van der Waals surface area contributed by atoms with E-state index in [-0.39, 0.29) is 17.5 Å². The number of alkyl halides is 1. The molecule has 1 unspecified atom stereocenters. The van der Waals surface area contributed by atoms with Gasteiger partial charge in [0.05, 0.1) is 13.2 Å². The van der Waals surface area contributed by atoms with Crippen LogP contribution in [-0.4, -0.2) is 24.9 Å². The number of esters is 1. The van der Waals surface area contributed by atoms with Crippen LogP contribution in [0.3, 0.4) is 0 Å². The van der Waals surface area contributed by atoms with E-state index in [1.54, 1.807) is 12.1 Å². The highest BCUT2D eigenvalue weighted by molar-refractivity contribution is 6.36. The molecule has 1 amide bonds. The molecule has 112 valence electrons. The maximum Gasteiger partial charge on any atom is 0.354 e. The molecule has 1 aromatic rings. The molecule has 1 atom stereocenters. The highest BCUT2D eigenvalue weighted by Crippen LogP contribution is 2.38. The topological polar surface area (TPSA) is 67.4 Å². The molecule has 1 aromatic carbocycles. The first-order valence-corrected chi connectivity index (χ1v) is 7.16. The van der Waals surface area contributed by atoms with Crippen molar-refractivity contribution in [2.45, 2.75) is 6.04 Å². The minimum atomic E-state index is -0.605. The first-order chi connectivity index (χ1) is 9.96. The third-order valence-electron chi connectivity index (χ3n) is 2.85. The molecule has 0 fully saturated rings. The zero-order chi connectivity index (χ0) is 15.6. The highest BCUT2D eigenvalue weighted by atomic mass is 35.5. The SMILES string of the molecule is COC(=O)C1=CC(NC(=O)CCl)c2c(Cl)cc(Cl)cc2N1. The molecule has 0 bridgehead atoms. The van der Waals surface area contributed by atoms with E-state index in [1.165, 1.54) is 13.2 Å². The summed E-state index contributed by atoms with van der Waals surface area (Å²) >= 11 is 17.6. The second kappa shape index (κ2) is 6.56. The van der Waals surface area contributed by atoms with Gasteiger partial charge in [0.1, 0.15) is 11.6 Å². The van der Waals surface area contributed by atoms with Crippen molar-refractivity contribution in [3.63, 3.8) is 0 Å². The summed E-state index contributed by atoms with van der Waals surface area (Å²) in [6.07, 6.45) is 1.51. The van der Waals surface area contributed by atoms with Crippen LogP contribution in [0.25, 0.3) is 0 Å². The Morgan fingerprint density at radius 1 is 1.38 bits per heavy atom. The number of hydrogen-bond donors (Lipinski definition) is 2. The van der Waals surface area contributed by atoms with Crippen LogP contribution in [0.2, 0.25) is 10.0 Å². The van der Waals surface area contributed by atoms with Crippen molar-refractivity contribution in [2.75, 3.05) is 18.3 Å². The van der Waals surface area contributed by atoms with Gasteiger partial charge in [-0.2, -0.15) is 0 Å². The number of benzene rings is 1. The normalized spacial score (nSPS) is 16.4. The van der Waals surface area contributed by atoms with E-state index >= 15 is 0 Å². The van der Waals surface area contributed by atoms with Crippen molar-refractivity contribution in [1.82, 2.24) is 5.32 Å². The number of carbonyl (C=O) groups excluding carboxylic acids is 2. The molecule has 1 heterocycles. The molecule has 0 aromatic heterocycles. The van der Waals surface area contributed by atoms with Crippen molar-refractivity contribution in [1.29, 1.82) is 0 Å². The predicted molar refractivity (Wildman–Crippen MR) is 81.8 cm³/mol. The molecule has 2 rings (SSSR count). The number of hydrogen-bond acceptors (Lipinski definition) is 4. The van der Waals surface area contributed by atoms with E-state index in [0.717, 1.165) is 0 Å². The minimum absolute atomic E-state index is 0.184. The summed E-state index contributed by atoms with van der Waals surface area (Å²) in [7, 11) is 1.26. The number of anilines is 1. The number of fused-ring (bicyclic) bond motifs is 1. The van der Waals surface area contributed by atoms with Gasteiger partial charge < -0.3 is 15.4 Å². The molecular formula is C13H11Cl3N2O3. The van der Waals surface area contributed by atoms with Crippen molar-refractivity contribution in [3.05, 3.63) is 39.5 Å². The summed E-state index contributed by atoms with van der Waals surface area (Å²) in [5.41, 5.74) is 1.31. The maximum atomic E-state index is 11.7. The van der Waals surface area contributed by atoms with Crippen LogP contribution in [0.4, 0.5) is 5.69 Å². The van der Waals surface area contributed by atoms with E-state index < -0.39 is 12.0 Å². The molecule has 1 aliphatic rings. The van der Waals surface area contributed by atoms with Crippen LogP contribution in [0, 0.1) is 0 Å². The Hall–Kier alpha value is -1.43. The van der Waals surface area contributed by atoms with Crippen LogP contribution < -0.4 is 10.6 Å². The lowest BCUT2D eigenvalue weighted by Crippen LogP contribution is -2.32. The zero-order valence-corrected chi connectivity index (χ0v) is 13.1. The Labute approximate surface area is 136 Å². The molecule has 5 nitrogen and oxygen atoms in total. The molecule has 2 N–H and O–H groups in total. The molecule has 0 aliphatic carbocycles. The quantitative estimate of drug-likeness (QED) is 0.650. The number of ether oxygens (including phenoxy) is 1. The van der Waals surface area contributed by atoms with Crippen molar-refractivity contribution in [3.8, 4) is 0 Å². The minimum Gasteiger partial charge on any atom is -0.464 e. The second-order valence-corrected chi connectivity index (χ2v) is 5.34. The van der Waals surface area contributed by atoms with Gasteiger partial charge in [-0.3, -0.25) is 4.79 Å². The second-order valence-electron chi connectivity index (χ2n) is 4.22. The molecule has 21 heavy (non-hydrogen) atoms. The maximum absolute atomic E-state index is 11.7. The van der Waals surface area contributed by atoms with Gasteiger partial charge in [0, 0.05) is 21.3 Å². The van der Waals surface area contributed by atoms with E-state index in [4.69, 9.17) is 34.8 Å². The lowest BCUT2D eigenvalue weighted by atomic mass is 9.99. The number of halogens is 3. The molecule has 0 spiro atoms. The van der Waals surface area contributed by atoms with Crippen molar-refractivity contribution < 1.29 is 14.3 Å². The summed E-state index contributed by atoms with van der Waals surface area (Å²) in [5, 5.41) is 6.32. The molecule has 0 saturated carbocycles. The fourth-order valence-electron chi connectivity index (χ4n) is 2.00. The van der Waals surface area contributed by atoms with Crippen LogP contribution in [-0.2, 0) is 14.3 Å². The Balaban J connectivity index is 2.48. The van der Waals surface area contributed by atoms with Gasteiger partial charge in [0.25, 0.3) is 0 Å². The van der Waals surface area contributed by atoms with Crippen molar-refractivity contribution in [2.24, 2.45) is 0 Å². The Kier molecular flexibility index (Phi) is 4.98. The number of rotatable bonds is 3. The average Bonchev–Trinajstić information content (AvgIpc) is 2.44. The summed E-state index contributed by atoms with van der Waals surface area (Å²) < 4.78 is 4.67. The van der Waals surface area contributed by atoms with E-state index in [1.807, 2.05) is 0 Å². The van der Waals surface area contributed by atoms with Gasteiger partial charge in [-0.15, -0.1) is 11.6 Å². The largest absolute Gasteiger partial charge is 0.464 e. The van der Waals surface area contributed by atoms with Crippen LogP contribution in [0.5, 0.6) is 0 Å². The molecule has 0 radical (unpaired) electrons. The number of amides is 1. The van der Waals surface area contributed by atoms with Gasteiger partial charge in [-0.25, -0.2) is 4.79 Å². The summed E-state index contributed by atoms with van der Waals surface area (Å²) in [6.45, 7) is 0. The third-order valence-corrected chi connectivity index (χ3v) is 3.62. The fraction of sp³-hybridized carbons (Fsp3) is 0.231. The Bertz CT molecular complexity index is 631. The summed E-state index contributed by atoms with van der Waals surface area (Å²) in [4.78, 5) is 23.2. The predicted octanol–water partition coefficient (Wildman–Crippen LogP) is 2.87. The van der Waals surface area contributed by atoms with Gasteiger partial charge in [-0.05, 0) is 18.2 Å². The van der Waals surface area contributed by atoms with Crippen LogP contribution in [0.1, 0.15) is 11.6 Å². The van der Waals surface area contributed by atoms with Gasteiger partial charge in [-0.1, -0.05) is 23.2 Å². The lowest BCUT2D eigenvalue weighted by molar-refractivity contribution is -0.136. The lowest BCUT2D eigenvalue weighted by Gasteiger charge is -2.26.